The van der Waals surface area contributed by atoms with E-state index in [0.717, 1.165) is 12.3 Å². The Bertz CT molecular complexity index is 344. The zero-order valence-electron chi connectivity index (χ0n) is 9.86. The lowest BCUT2D eigenvalue weighted by Gasteiger charge is -2.21. The van der Waals surface area contributed by atoms with Crippen LogP contribution in [-0.2, 0) is 6.54 Å². The van der Waals surface area contributed by atoms with Gasteiger partial charge in [0.05, 0.1) is 7.11 Å². The van der Waals surface area contributed by atoms with Gasteiger partial charge in [0, 0.05) is 12.6 Å². The van der Waals surface area contributed by atoms with Gasteiger partial charge in [-0.25, -0.2) is 0 Å². The molecule has 86 valence electrons. The summed E-state index contributed by atoms with van der Waals surface area (Å²) < 4.78 is 5.15. The number of benzene rings is 1. The Labute approximate surface area is 97.5 Å². The summed E-state index contributed by atoms with van der Waals surface area (Å²) in [6.07, 6.45) is 4.60. The summed E-state index contributed by atoms with van der Waals surface area (Å²) in [5, 5.41) is 0. The van der Waals surface area contributed by atoms with E-state index in [9.17, 15) is 0 Å². The molecule has 1 aromatic carbocycles. The van der Waals surface area contributed by atoms with E-state index in [1.165, 1.54) is 24.9 Å². The third-order valence-electron chi connectivity index (χ3n) is 3.23. The first-order chi connectivity index (χ1) is 7.83. The highest BCUT2D eigenvalue weighted by Gasteiger charge is 2.21. The van der Waals surface area contributed by atoms with Gasteiger partial charge in [-0.2, -0.15) is 0 Å². The summed E-state index contributed by atoms with van der Waals surface area (Å²) in [6.45, 7) is 6.10. The van der Waals surface area contributed by atoms with Crippen LogP contribution in [0.3, 0.4) is 0 Å². The molecule has 2 rings (SSSR count). The molecule has 1 atom stereocenters. The van der Waals surface area contributed by atoms with E-state index in [0.29, 0.717) is 6.04 Å². The summed E-state index contributed by atoms with van der Waals surface area (Å²) >= 11 is 0. The smallest absolute Gasteiger partial charge is 0.118 e. The third-order valence-corrected chi connectivity index (χ3v) is 3.23. The number of ether oxygens (including phenoxy) is 1. The van der Waals surface area contributed by atoms with E-state index in [2.05, 4.69) is 29.7 Å². The second-order valence-corrected chi connectivity index (χ2v) is 4.26. The van der Waals surface area contributed by atoms with Crippen LogP contribution in [0, 0.1) is 0 Å². The number of rotatable bonds is 4. The summed E-state index contributed by atoms with van der Waals surface area (Å²) in [5.41, 5.74) is 1.34. The average molecular weight is 217 g/mol. The minimum Gasteiger partial charge on any atom is -0.497 e. The van der Waals surface area contributed by atoms with Crippen molar-refractivity contribution in [2.75, 3.05) is 13.7 Å². The second-order valence-electron chi connectivity index (χ2n) is 4.26. The quantitative estimate of drug-likeness (QED) is 0.719. The minimum atomic E-state index is 0.558. The van der Waals surface area contributed by atoms with Gasteiger partial charge in [-0.05, 0) is 37.1 Å². The standard InChI is InChI=1S/C14H19NO/c1-3-13-5-4-10-15(13)11-12-6-8-14(16-2)9-7-12/h3,6-9,13H,1,4-5,10-11H2,2H3/t13-/m1/s1. The van der Waals surface area contributed by atoms with Crippen molar-refractivity contribution < 1.29 is 4.74 Å². The molecular formula is C14H19NO. The van der Waals surface area contributed by atoms with Crippen molar-refractivity contribution in [2.45, 2.75) is 25.4 Å². The first kappa shape index (κ1) is 11.2. The zero-order valence-corrected chi connectivity index (χ0v) is 9.86. The molecule has 1 fully saturated rings. The molecule has 2 nitrogen and oxygen atoms in total. The second kappa shape index (κ2) is 5.17. The number of nitrogens with zero attached hydrogens (tertiary/aromatic N) is 1. The first-order valence-electron chi connectivity index (χ1n) is 5.83. The molecule has 0 amide bonds. The fraction of sp³-hybridized carbons (Fsp3) is 0.429. The van der Waals surface area contributed by atoms with Crippen LogP contribution in [0.1, 0.15) is 18.4 Å². The van der Waals surface area contributed by atoms with Gasteiger partial charge in [-0.3, -0.25) is 4.90 Å². The molecule has 0 aromatic heterocycles. The van der Waals surface area contributed by atoms with E-state index < -0.39 is 0 Å². The van der Waals surface area contributed by atoms with Crippen LogP contribution in [0.25, 0.3) is 0 Å². The zero-order chi connectivity index (χ0) is 11.4. The molecule has 0 radical (unpaired) electrons. The summed E-state index contributed by atoms with van der Waals surface area (Å²) in [7, 11) is 1.70. The van der Waals surface area contributed by atoms with Crippen LogP contribution >= 0.6 is 0 Å². The third kappa shape index (κ3) is 2.45. The maximum absolute atomic E-state index is 5.15. The molecule has 1 heterocycles. The van der Waals surface area contributed by atoms with Crippen molar-refractivity contribution in [3.8, 4) is 5.75 Å². The lowest BCUT2D eigenvalue weighted by atomic mass is 10.2. The number of likely N-dealkylation sites (tertiary alicyclic amines) is 1. The van der Waals surface area contributed by atoms with Crippen molar-refractivity contribution in [3.63, 3.8) is 0 Å². The Morgan fingerprint density at radius 3 is 2.81 bits per heavy atom. The summed E-state index contributed by atoms with van der Waals surface area (Å²) in [4.78, 5) is 2.48. The highest BCUT2D eigenvalue weighted by atomic mass is 16.5. The van der Waals surface area contributed by atoms with Crippen LogP contribution in [0.5, 0.6) is 5.75 Å². The van der Waals surface area contributed by atoms with E-state index in [4.69, 9.17) is 4.74 Å². The molecule has 0 bridgehead atoms. The van der Waals surface area contributed by atoms with Crippen LogP contribution in [0.4, 0.5) is 0 Å². The van der Waals surface area contributed by atoms with Gasteiger partial charge in [0.1, 0.15) is 5.75 Å². The maximum atomic E-state index is 5.15. The van der Waals surface area contributed by atoms with Gasteiger partial charge in [0.25, 0.3) is 0 Å². The number of hydrogen-bond acceptors (Lipinski definition) is 2. The van der Waals surface area contributed by atoms with Gasteiger partial charge in [0.2, 0.25) is 0 Å². The molecule has 16 heavy (non-hydrogen) atoms. The molecule has 0 spiro atoms. The topological polar surface area (TPSA) is 12.5 Å². The Morgan fingerprint density at radius 2 is 2.19 bits per heavy atom. The molecule has 0 N–H and O–H groups in total. The molecule has 0 unspecified atom stereocenters. The average Bonchev–Trinajstić information content (AvgIpc) is 2.77. The Kier molecular flexibility index (Phi) is 3.62. The van der Waals surface area contributed by atoms with E-state index in [1.807, 2.05) is 12.1 Å². The van der Waals surface area contributed by atoms with Gasteiger partial charge in [0.15, 0.2) is 0 Å². The maximum Gasteiger partial charge on any atom is 0.118 e. The van der Waals surface area contributed by atoms with Crippen LogP contribution in [0.15, 0.2) is 36.9 Å². The molecule has 1 aliphatic rings. The first-order valence-corrected chi connectivity index (χ1v) is 5.83. The Hall–Kier alpha value is -1.28. The number of methoxy groups -OCH3 is 1. The fourth-order valence-corrected chi connectivity index (χ4v) is 2.28. The molecule has 1 saturated heterocycles. The monoisotopic (exact) mass is 217 g/mol. The minimum absolute atomic E-state index is 0.558. The van der Waals surface area contributed by atoms with Crippen LogP contribution < -0.4 is 4.74 Å². The highest BCUT2D eigenvalue weighted by Crippen LogP contribution is 2.21. The molecule has 0 aliphatic carbocycles. The fourth-order valence-electron chi connectivity index (χ4n) is 2.28. The largest absolute Gasteiger partial charge is 0.497 e. The van der Waals surface area contributed by atoms with Crippen molar-refractivity contribution in [1.82, 2.24) is 4.90 Å². The molecule has 1 aliphatic heterocycles. The summed E-state index contributed by atoms with van der Waals surface area (Å²) in [6, 6.07) is 8.87. The normalized spacial score (nSPS) is 20.9. The van der Waals surface area contributed by atoms with Crippen LogP contribution in [-0.4, -0.2) is 24.6 Å². The van der Waals surface area contributed by atoms with Crippen LogP contribution in [0.2, 0.25) is 0 Å². The Balaban J connectivity index is 2.00. The molecule has 0 saturated carbocycles. The summed E-state index contributed by atoms with van der Waals surface area (Å²) in [5.74, 6) is 0.922. The van der Waals surface area contributed by atoms with E-state index in [-0.39, 0.29) is 0 Å². The molecule has 2 heteroatoms. The van der Waals surface area contributed by atoms with Gasteiger partial charge in [-0.15, -0.1) is 6.58 Å². The van der Waals surface area contributed by atoms with Crippen molar-refractivity contribution in [1.29, 1.82) is 0 Å². The highest BCUT2D eigenvalue weighted by molar-refractivity contribution is 5.27. The van der Waals surface area contributed by atoms with E-state index in [1.54, 1.807) is 7.11 Å². The van der Waals surface area contributed by atoms with Gasteiger partial charge < -0.3 is 4.74 Å². The van der Waals surface area contributed by atoms with Crippen molar-refractivity contribution >= 4 is 0 Å². The predicted molar refractivity (Wildman–Crippen MR) is 66.6 cm³/mol. The predicted octanol–water partition coefficient (Wildman–Crippen LogP) is 2.85. The molecule has 1 aromatic rings. The lowest BCUT2D eigenvalue weighted by Crippen LogP contribution is -2.26. The molecular weight excluding hydrogens is 198 g/mol. The number of hydrogen-bond donors (Lipinski definition) is 0. The lowest BCUT2D eigenvalue weighted by molar-refractivity contribution is 0.281. The van der Waals surface area contributed by atoms with Gasteiger partial charge in [-0.1, -0.05) is 18.2 Å². The van der Waals surface area contributed by atoms with Crippen molar-refractivity contribution in [2.24, 2.45) is 0 Å². The van der Waals surface area contributed by atoms with Gasteiger partial charge >= 0.3 is 0 Å². The Morgan fingerprint density at radius 1 is 1.44 bits per heavy atom. The SMILES string of the molecule is C=C[C@@H]1CCCN1Cc1ccc(OC)cc1. The van der Waals surface area contributed by atoms with Crippen molar-refractivity contribution in [3.05, 3.63) is 42.5 Å². The van der Waals surface area contributed by atoms with E-state index >= 15 is 0 Å².